The number of piperidine rings is 1. The first-order valence-electron chi connectivity index (χ1n) is 8.67. The number of nitrogens with zero attached hydrogens (tertiary/aromatic N) is 2. The first-order chi connectivity index (χ1) is 11.0. The zero-order chi connectivity index (χ0) is 16.6. The Bertz CT molecular complexity index is 608. The molecule has 0 unspecified atom stereocenters. The third kappa shape index (κ3) is 3.14. The smallest absolute Gasteiger partial charge is 0.309 e. The molecular weight excluding hydrogens is 292 g/mol. The molecule has 0 spiro atoms. The third-order valence-corrected chi connectivity index (χ3v) is 5.03. The summed E-state index contributed by atoms with van der Waals surface area (Å²) < 4.78 is 7.39. The Morgan fingerprint density at radius 3 is 2.39 bits per heavy atom. The molecule has 5 nitrogen and oxygen atoms in total. The molecular formula is C18H26N2O3. The number of aryl methyl sites for hydroxylation is 1. The summed E-state index contributed by atoms with van der Waals surface area (Å²) in [5, 5.41) is 0. The molecule has 3 rings (SSSR count). The van der Waals surface area contributed by atoms with Gasteiger partial charge in [0.05, 0.1) is 18.1 Å². The molecule has 5 heteroatoms. The topological polar surface area (TPSA) is 51.5 Å². The van der Waals surface area contributed by atoms with Crippen molar-refractivity contribution >= 4 is 11.9 Å². The van der Waals surface area contributed by atoms with E-state index in [1.54, 1.807) is 0 Å². The summed E-state index contributed by atoms with van der Waals surface area (Å²) in [4.78, 5) is 26.5. The summed E-state index contributed by atoms with van der Waals surface area (Å²) in [7, 11) is 0. The van der Waals surface area contributed by atoms with E-state index in [1.165, 1.54) is 18.5 Å². The van der Waals surface area contributed by atoms with Gasteiger partial charge in [0.1, 0.15) is 0 Å². The van der Waals surface area contributed by atoms with Gasteiger partial charge < -0.3 is 14.2 Å². The van der Waals surface area contributed by atoms with Gasteiger partial charge in [0.25, 0.3) is 5.91 Å². The zero-order valence-electron chi connectivity index (χ0n) is 14.3. The van der Waals surface area contributed by atoms with E-state index in [0.29, 0.717) is 38.6 Å². The Labute approximate surface area is 137 Å². The lowest BCUT2D eigenvalue weighted by atomic mass is 9.96. The molecule has 0 bridgehead atoms. The number of hydrogen-bond donors (Lipinski definition) is 0. The fourth-order valence-electron chi connectivity index (χ4n) is 3.64. The molecule has 1 saturated carbocycles. The lowest BCUT2D eigenvalue weighted by Gasteiger charge is -2.31. The number of hydrogen-bond acceptors (Lipinski definition) is 3. The van der Waals surface area contributed by atoms with Crippen LogP contribution in [0.25, 0.3) is 0 Å². The highest BCUT2D eigenvalue weighted by Crippen LogP contribution is 2.38. The van der Waals surface area contributed by atoms with Crippen LogP contribution in [0.2, 0.25) is 0 Å². The van der Waals surface area contributed by atoms with Crippen LogP contribution in [-0.2, 0) is 9.53 Å². The Morgan fingerprint density at radius 2 is 1.83 bits per heavy atom. The Balaban J connectivity index is 1.66. The highest BCUT2D eigenvalue weighted by Gasteiger charge is 2.32. The molecule has 0 radical (unpaired) electrons. The minimum absolute atomic E-state index is 0.0575. The van der Waals surface area contributed by atoms with Crippen LogP contribution in [0.4, 0.5) is 0 Å². The number of rotatable bonds is 4. The fourth-order valence-corrected chi connectivity index (χ4v) is 3.64. The average Bonchev–Trinajstić information content (AvgIpc) is 3.33. The van der Waals surface area contributed by atoms with Crippen LogP contribution in [0.3, 0.4) is 0 Å². The normalized spacial score (nSPS) is 19.0. The molecule has 1 saturated heterocycles. The maximum Gasteiger partial charge on any atom is 0.309 e. The molecule has 126 valence electrons. The molecule has 1 aliphatic carbocycles. The standard InChI is InChI=1S/C18H26N2O3/c1-4-23-18(22)14-7-9-19(10-8-14)17(21)16-11-12(2)20(13(16)3)15-5-6-15/h11,14-15H,4-10H2,1-3H3. The number of likely N-dealkylation sites (tertiary alicyclic amines) is 1. The van der Waals surface area contributed by atoms with Crippen molar-refractivity contribution < 1.29 is 14.3 Å². The van der Waals surface area contributed by atoms with Crippen LogP contribution in [0.1, 0.15) is 60.4 Å². The highest BCUT2D eigenvalue weighted by molar-refractivity contribution is 5.96. The Hall–Kier alpha value is -1.78. The van der Waals surface area contributed by atoms with Crippen LogP contribution >= 0.6 is 0 Å². The van der Waals surface area contributed by atoms with Crippen molar-refractivity contribution in [3.05, 3.63) is 23.0 Å². The number of carbonyl (C=O) groups is 2. The second-order valence-electron chi connectivity index (χ2n) is 6.70. The Kier molecular flexibility index (Phi) is 4.46. The summed E-state index contributed by atoms with van der Waals surface area (Å²) in [5.41, 5.74) is 3.08. The molecule has 2 heterocycles. The van der Waals surface area contributed by atoms with Gasteiger partial charge in [-0.2, -0.15) is 0 Å². The van der Waals surface area contributed by atoms with Gasteiger partial charge in [-0.25, -0.2) is 0 Å². The molecule has 0 atom stereocenters. The van der Waals surface area contributed by atoms with Gasteiger partial charge in [-0.15, -0.1) is 0 Å². The SMILES string of the molecule is CCOC(=O)C1CCN(C(=O)c2cc(C)n(C3CC3)c2C)CC1. The molecule has 0 N–H and O–H groups in total. The quantitative estimate of drug-likeness (QED) is 0.802. The van der Waals surface area contributed by atoms with Gasteiger partial charge in [-0.3, -0.25) is 9.59 Å². The molecule has 2 fully saturated rings. The fraction of sp³-hybridized carbons (Fsp3) is 0.667. The lowest BCUT2D eigenvalue weighted by Crippen LogP contribution is -2.40. The van der Waals surface area contributed by atoms with Crippen molar-refractivity contribution in [2.24, 2.45) is 5.92 Å². The van der Waals surface area contributed by atoms with Crippen LogP contribution in [-0.4, -0.2) is 41.0 Å². The number of ether oxygens (including phenoxy) is 1. The van der Waals surface area contributed by atoms with Crippen molar-refractivity contribution in [2.75, 3.05) is 19.7 Å². The summed E-state index contributed by atoms with van der Waals surface area (Å²) in [5.74, 6) is -0.0725. The maximum atomic E-state index is 12.8. The predicted molar refractivity (Wildman–Crippen MR) is 87.4 cm³/mol. The van der Waals surface area contributed by atoms with E-state index in [2.05, 4.69) is 11.5 Å². The van der Waals surface area contributed by atoms with Crippen LogP contribution in [0, 0.1) is 19.8 Å². The van der Waals surface area contributed by atoms with E-state index in [4.69, 9.17) is 4.74 Å². The van der Waals surface area contributed by atoms with Gasteiger partial charge in [0.2, 0.25) is 0 Å². The van der Waals surface area contributed by atoms with Gasteiger partial charge >= 0.3 is 5.97 Å². The van der Waals surface area contributed by atoms with Gasteiger partial charge in [0, 0.05) is 30.5 Å². The number of amides is 1. The van der Waals surface area contributed by atoms with Crippen LogP contribution in [0.15, 0.2) is 6.07 Å². The monoisotopic (exact) mass is 318 g/mol. The van der Waals surface area contributed by atoms with E-state index in [-0.39, 0.29) is 17.8 Å². The molecule has 1 amide bonds. The first kappa shape index (κ1) is 16.1. The summed E-state index contributed by atoms with van der Waals surface area (Å²) in [6, 6.07) is 2.61. The first-order valence-corrected chi connectivity index (χ1v) is 8.67. The van der Waals surface area contributed by atoms with E-state index < -0.39 is 0 Å². The number of carbonyl (C=O) groups excluding carboxylic acids is 2. The molecule has 1 aromatic rings. The summed E-state index contributed by atoms with van der Waals surface area (Å²) >= 11 is 0. The van der Waals surface area contributed by atoms with E-state index in [0.717, 1.165) is 11.3 Å². The average molecular weight is 318 g/mol. The maximum absolute atomic E-state index is 12.8. The molecule has 23 heavy (non-hydrogen) atoms. The largest absolute Gasteiger partial charge is 0.466 e. The minimum Gasteiger partial charge on any atom is -0.466 e. The third-order valence-electron chi connectivity index (χ3n) is 5.03. The number of aromatic nitrogens is 1. The highest BCUT2D eigenvalue weighted by atomic mass is 16.5. The summed E-state index contributed by atoms with van der Waals surface area (Å²) in [6.07, 6.45) is 3.84. The van der Waals surface area contributed by atoms with Gasteiger partial charge in [-0.1, -0.05) is 0 Å². The molecule has 0 aromatic carbocycles. The van der Waals surface area contributed by atoms with Gasteiger partial charge in [0.15, 0.2) is 0 Å². The van der Waals surface area contributed by atoms with Crippen LogP contribution < -0.4 is 0 Å². The van der Waals surface area contributed by atoms with Crippen molar-refractivity contribution in [3.8, 4) is 0 Å². The molecule has 1 aromatic heterocycles. The van der Waals surface area contributed by atoms with Crippen molar-refractivity contribution in [1.82, 2.24) is 9.47 Å². The lowest BCUT2D eigenvalue weighted by molar-refractivity contribution is -0.149. The molecule has 1 aliphatic heterocycles. The second kappa shape index (κ2) is 6.38. The predicted octanol–water partition coefficient (Wildman–Crippen LogP) is 2.86. The zero-order valence-corrected chi connectivity index (χ0v) is 14.3. The van der Waals surface area contributed by atoms with Gasteiger partial charge in [-0.05, 0) is 52.5 Å². The van der Waals surface area contributed by atoms with Crippen molar-refractivity contribution in [3.63, 3.8) is 0 Å². The minimum atomic E-state index is -0.119. The van der Waals surface area contributed by atoms with Crippen molar-refractivity contribution in [1.29, 1.82) is 0 Å². The molecule has 2 aliphatic rings. The second-order valence-corrected chi connectivity index (χ2v) is 6.70. The summed E-state index contributed by atoms with van der Waals surface area (Å²) in [6.45, 7) is 7.64. The van der Waals surface area contributed by atoms with E-state index in [9.17, 15) is 9.59 Å². The van der Waals surface area contributed by atoms with Crippen LogP contribution in [0.5, 0.6) is 0 Å². The van der Waals surface area contributed by atoms with E-state index in [1.807, 2.05) is 24.8 Å². The van der Waals surface area contributed by atoms with E-state index >= 15 is 0 Å². The van der Waals surface area contributed by atoms with Crippen molar-refractivity contribution in [2.45, 2.75) is 52.5 Å². The Morgan fingerprint density at radius 1 is 1.17 bits per heavy atom. The number of esters is 1.